The maximum atomic E-state index is 12.6. The SMILES string of the molecule is Cc1cc(NNC(=O)c2ccc(Oc3cc(C(C)(C)C)ccc3Br)o2)nc2c1c(C)nn2C. The van der Waals surface area contributed by atoms with Gasteiger partial charge >= 0.3 is 5.91 Å². The third kappa shape index (κ3) is 4.73. The maximum absolute atomic E-state index is 12.6. The van der Waals surface area contributed by atoms with Crippen LogP contribution in [0.3, 0.4) is 0 Å². The second kappa shape index (κ2) is 8.55. The van der Waals surface area contributed by atoms with Crippen LogP contribution in [0.1, 0.15) is 48.1 Å². The van der Waals surface area contributed by atoms with Crippen LogP contribution in [0.2, 0.25) is 0 Å². The Morgan fingerprint density at radius 3 is 2.64 bits per heavy atom. The molecule has 0 saturated heterocycles. The van der Waals surface area contributed by atoms with Crippen molar-refractivity contribution in [1.29, 1.82) is 0 Å². The van der Waals surface area contributed by atoms with Crippen LogP contribution in [0.25, 0.3) is 11.0 Å². The Kier molecular flexibility index (Phi) is 5.92. The van der Waals surface area contributed by atoms with Crippen LogP contribution in [0, 0.1) is 13.8 Å². The van der Waals surface area contributed by atoms with Gasteiger partial charge in [-0.15, -0.1) is 0 Å². The Balaban J connectivity index is 1.46. The van der Waals surface area contributed by atoms with E-state index in [9.17, 15) is 4.79 Å². The van der Waals surface area contributed by atoms with Crippen LogP contribution in [0.4, 0.5) is 5.82 Å². The largest absolute Gasteiger partial charge is 0.425 e. The predicted molar refractivity (Wildman–Crippen MR) is 131 cm³/mol. The number of furan rings is 1. The monoisotopic (exact) mass is 511 g/mol. The first kappa shape index (κ1) is 22.8. The summed E-state index contributed by atoms with van der Waals surface area (Å²) in [6, 6.07) is 11.0. The summed E-state index contributed by atoms with van der Waals surface area (Å²) in [7, 11) is 1.84. The Bertz CT molecular complexity index is 1350. The molecule has 0 fully saturated rings. The van der Waals surface area contributed by atoms with E-state index in [0.29, 0.717) is 11.6 Å². The minimum atomic E-state index is -0.451. The molecular formula is C24H26BrN5O3. The van der Waals surface area contributed by atoms with E-state index in [1.807, 2.05) is 45.2 Å². The van der Waals surface area contributed by atoms with E-state index in [0.717, 1.165) is 32.3 Å². The number of ether oxygens (including phenoxy) is 1. The third-order valence-corrected chi connectivity index (χ3v) is 5.94. The second-order valence-corrected chi connectivity index (χ2v) is 9.78. The van der Waals surface area contributed by atoms with Crippen LogP contribution in [0.5, 0.6) is 11.7 Å². The quantitative estimate of drug-likeness (QED) is 0.329. The smallest absolute Gasteiger partial charge is 0.305 e. The van der Waals surface area contributed by atoms with E-state index in [4.69, 9.17) is 9.15 Å². The Hall–Kier alpha value is -3.33. The molecule has 2 N–H and O–H groups in total. The number of hydrogen-bond donors (Lipinski definition) is 2. The summed E-state index contributed by atoms with van der Waals surface area (Å²) in [6.07, 6.45) is 0. The molecule has 3 aromatic heterocycles. The number of anilines is 1. The zero-order chi connectivity index (χ0) is 23.9. The number of aryl methyl sites for hydroxylation is 3. The lowest BCUT2D eigenvalue weighted by molar-refractivity contribution is 0.0930. The highest BCUT2D eigenvalue weighted by atomic mass is 79.9. The maximum Gasteiger partial charge on any atom is 0.305 e. The van der Waals surface area contributed by atoms with Gasteiger partial charge in [-0.3, -0.25) is 20.3 Å². The Morgan fingerprint density at radius 1 is 1.15 bits per heavy atom. The summed E-state index contributed by atoms with van der Waals surface area (Å²) in [5.74, 6) is 0.985. The minimum absolute atomic E-state index is 0.0255. The summed E-state index contributed by atoms with van der Waals surface area (Å²) < 4.78 is 14.0. The van der Waals surface area contributed by atoms with Gasteiger partial charge in [0.1, 0.15) is 11.6 Å². The van der Waals surface area contributed by atoms with Crippen molar-refractivity contribution in [3.63, 3.8) is 0 Å². The lowest BCUT2D eigenvalue weighted by Crippen LogP contribution is -2.29. The molecule has 8 nitrogen and oxygen atoms in total. The molecule has 1 aromatic carbocycles. The van der Waals surface area contributed by atoms with E-state index >= 15 is 0 Å². The number of nitrogens with zero attached hydrogens (tertiary/aromatic N) is 3. The Morgan fingerprint density at radius 2 is 1.91 bits per heavy atom. The zero-order valence-electron chi connectivity index (χ0n) is 19.4. The summed E-state index contributed by atoms with van der Waals surface area (Å²) in [5.41, 5.74) is 9.22. The minimum Gasteiger partial charge on any atom is -0.425 e. The molecular weight excluding hydrogens is 486 g/mol. The van der Waals surface area contributed by atoms with Gasteiger partial charge in [0.15, 0.2) is 11.4 Å². The van der Waals surface area contributed by atoms with Gasteiger partial charge in [0, 0.05) is 18.5 Å². The molecule has 0 atom stereocenters. The molecule has 4 rings (SSSR count). The van der Waals surface area contributed by atoms with Crippen molar-refractivity contribution in [2.45, 2.75) is 40.0 Å². The summed E-state index contributed by atoms with van der Waals surface area (Å²) in [4.78, 5) is 17.1. The Labute approximate surface area is 200 Å². The average molecular weight is 512 g/mol. The third-order valence-electron chi connectivity index (χ3n) is 5.28. The van der Waals surface area contributed by atoms with Gasteiger partial charge in [-0.05, 0) is 70.6 Å². The van der Waals surface area contributed by atoms with Crippen molar-refractivity contribution >= 4 is 38.7 Å². The first-order chi connectivity index (χ1) is 15.5. The van der Waals surface area contributed by atoms with Crippen LogP contribution in [-0.2, 0) is 12.5 Å². The van der Waals surface area contributed by atoms with Crippen LogP contribution < -0.4 is 15.6 Å². The van der Waals surface area contributed by atoms with E-state index < -0.39 is 5.91 Å². The number of fused-ring (bicyclic) bond motifs is 1. The first-order valence-electron chi connectivity index (χ1n) is 10.5. The van der Waals surface area contributed by atoms with Gasteiger partial charge in [0.25, 0.3) is 5.95 Å². The van der Waals surface area contributed by atoms with Crippen molar-refractivity contribution in [3.8, 4) is 11.7 Å². The predicted octanol–water partition coefficient (Wildman–Crippen LogP) is 5.79. The summed E-state index contributed by atoms with van der Waals surface area (Å²) in [5, 5.41) is 5.41. The molecule has 0 bridgehead atoms. The number of halogens is 1. The fraction of sp³-hybridized carbons (Fsp3) is 0.292. The number of hydrogen-bond acceptors (Lipinski definition) is 6. The number of benzene rings is 1. The van der Waals surface area contributed by atoms with Crippen molar-refractivity contribution < 1.29 is 13.9 Å². The zero-order valence-corrected chi connectivity index (χ0v) is 21.0. The fourth-order valence-corrected chi connectivity index (χ4v) is 3.89. The van der Waals surface area contributed by atoms with Crippen molar-refractivity contribution in [1.82, 2.24) is 20.2 Å². The fourth-order valence-electron chi connectivity index (χ4n) is 3.56. The van der Waals surface area contributed by atoms with Gasteiger partial charge in [0.2, 0.25) is 0 Å². The normalized spacial score (nSPS) is 11.6. The highest BCUT2D eigenvalue weighted by Crippen LogP contribution is 2.35. The van der Waals surface area contributed by atoms with Gasteiger partial charge in [-0.1, -0.05) is 26.8 Å². The second-order valence-electron chi connectivity index (χ2n) is 8.93. The van der Waals surface area contributed by atoms with E-state index in [1.165, 1.54) is 0 Å². The average Bonchev–Trinajstić information content (AvgIpc) is 3.31. The number of hydrazine groups is 1. The van der Waals surface area contributed by atoms with E-state index in [2.05, 4.69) is 57.6 Å². The van der Waals surface area contributed by atoms with Gasteiger partial charge < -0.3 is 9.15 Å². The highest BCUT2D eigenvalue weighted by molar-refractivity contribution is 9.10. The molecule has 0 radical (unpaired) electrons. The van der Waals surface area contributed by atoms with Crippen molar-refractivity contribution in [3.05, 3.63) is 63.5 Å². The van der Waals surface area contributed by atoms with Crippen LogP contribution in [0.15, 0.2) is 45.3 Å². The number of carbonyl (C=O) groups excluding carboxylic acids is 1. The van der Waals surface area contributed by atoms with E-state index in [-0.39, 0.29) is 17.1 Å². The number of rotatable bonds is 5. The summed E-state index contributed by atoms with van der Waals surface area (Å²) >= 11 is 3.50. The van der Waals surface area contributed by atoms with E-state index in [1.54, 1.807) is 16.8 Å². The number of amides is 1. The molecule has 172 valence electrons. The van der Waals surface area contributed by atoms with Crippen molar-refractivity contribution in [2.75, 3.05) is 5.43 Å². The van der Waals surface area contributed by atoms with Gasteiger partial charge in [-0.2, -0.15) is 5.10 Å². The lowest BCUT2D eigenvalue weighted by Gasteiger charge is -2.20. The number of pyridine rings is 1. The molecule has 9 heteroatoms. The molecule has 33 heavy (non-hydrogen) atoms. The molecule has 0 saturated carbocycles. The molecule has 0 aliphatic heterocycles. The first-order valence-corrected chi connectivity index (χ1v) is 11.3. The van der Waals surface area contributed by atoms with Crippen LogP contribution >= 0.6 is 15.9 Å². The standard InChI is InChI=1S/C24H26BrN5O3/c1-13-11-19(26-22-21(13)14(2)29-30(22)6)27-28-23(31)17-9-10-20(32-17)33-18-12-15(24(3,4)5)7-8-16(18)25/h7-12H,1-6H3,(H,26,27)(H,28,31). The number of aromatic nitrogens is 3. The lowest BCUT2D eigenvalue weighted by atomic mass is 9.87. The highest BCUT2D eigenvalue weighted by Gasteiger charge is 2.18. The molecule has 0 spiro atoms. The van der Waals surface area contributed by atoms with Crippen molar-refractivity contribution in [2.24, 2.45) is 7.05 Å². The van der Waals surface area contributed by atoms with Gasteiger partial charge in [-0.25, -0.2) is 4.98 Å². The number of carbonyl (C=O) groups is 1. The topological polar surface area (TPSA) is 94.2 Å². The summed E-state index contributed by atoms with van der Waals surface area (Å²) in [6.45, 7) is 10.3. The molecule has 0 unspecified atom stereocenters. The van der Waals surface area contributed by atoms with Gasteiger partial charge in [0.05, 0.1) is 10.2 Å². The van der Waals surface area contributed by atoms with Crippen LogP contribution in [-0.4, -0.2) is 20.7 Å². The molecule has 0 aliphatic carbocycles. The molecule has 4 aromatic rings. The molecule has 1 amide bonds. The molecule has 3 heterocycles. The number of nitrogens with one attached hydrogen (secondary N) is 2. The molecule has 0 aliphatic rings.